The van der Waals surface area contributed by atoms with E-state index < -0.39 is 5.91 Å². The molecule has 0 aliphatic carbocycles. The lowest BCUT2D eigenvalue weighted by atomic mass is 10.1. The van der Waals surface area contributed by atoms with Crippen LogP contribution in [0.3, 0.4) is 0 Å². The number of thiocarbonyl (C=S) groups is 1. The molecule has 0 saturated carbocycles. The van der Waals surface area contributed by atoms with Crippen LogP contribution in [0.2, 0.25) is 0 Å². The topological polar surface area (TPSA) is 72.5 Å². The van der Waals surface area contributed by atoms with Crippen LogP contribution in [-0.2, 0) is 0 Å². The molecule has 0 aliphatic heterocycles. The summed E-state index contributed by atoms with van der Waals surface area (Å²) >= 11 is 7.38. The summed E-state index contributed by atoms with van der Waals surface area (Å²) in [6, 6.07) is 8.80. The number of rotatable bonds is 4. The highest BCUT2D eigenvalue weighted by Gasteiger charge is 2.19. The lowest BCUT2D eigenvalue weighted by Gasteiger charge is -2.14. The lowest BCUT2D eigenvalue weighted by Crippen LogP contribution is -2.34. The van der Waals surface area contributed by atoms with Crippen LogP contribution in [0.1, 0.15) is 16.1 Å². The van der Waals surface area contributed by atoms with Crippen LogP contribution in [0.25, 0.3) is 0 Å². The first-order chi connectivity index (χ1) is 11.5. The highest BCUT2D eigenvalue weighted by molar-refractivity contribution is 14.1. The van der Waals surface area contributed by atoms with Crippen molar-refractivity contribution in [3.63, 3.8) is 0 Å². The Morgan fingerprint density at radius 1 is 1.17 bits per heavy atom. The molecule has 1 amide bonds. The van der Waals surface area contributed by atoms with E-state index in [-0.39, 0.29) is 10.7 Å². The summed E-state index contributed by atoms with van der Waals surface area (Å²) in [6.07, 6.45) is 0. The molecule has 126 valence electrons. The fraction of sp³-hybridized carbons (Fsp3) is 0.188. The summed E-state index contributed by atoms with van der Waals surface area (Å²) in [5.74, 6) is 0.935. The maximum atomic E-state index is 12.5. The SMILES string of the molecule is COc1cccc(OC)c1C(=O)NC(=S)Nc1ccc(I)c(C)n1. The third-order valence-electron chi connectivity index (χ3n) is 3.14. The van der Waals surface area contributed by atoms with Gasteiger partial charge in [-0.25, -0.2) is 4.98 Å². The normalized spacial score (nSPS) is 10.0. The van der Waals surface area contributed by atoms with Gasteiger partial charge in [-0.3, -0.25) is 10.1 Å². The van der Waals surface area contributed by atoms with E-state index in [1.54, 1.807) is 24.3 Å². The van der Waals surface area contributed by atoms with E-state index in [9.17, 15) is 4.79 Å². The van der Waals surface area contributed by atoms with Gasteiger partial charge in [0.2, 0.25) is 0 Å². The van der Waals surface area contributed by atoms with E-state index in [0.29, 0.717) is 17.3 Å². The third-order valence-corrected chi connectivity index (χ3v) is 4.49. The third kappa shape index (κ3) is 4.32. The van der Waals surface area contributed by atoms with Gasteiger partial charge < -0.3 is 14.8 Å². The molecule has 0 atom stereocenters. The Balaban J connectivity index is 2.14. The van der Waals surface area contributed by atoms with Crippen LogP contribution >= 0.6 is 34.8 Å². The Morgan fingerprint density at radius 3 is 2.33 bits per heavy atom. The number of anilines is 1. The zero-order chi connectivity index (χ0) is 17.7. The van der Waals surface area contributed by atoms with Crippen LogP contribution in [0.4, 0.5) is 5.82 Å². The van der Waals surface area contributed by atoms with E-state index in [0.717, 1.165) is 9.26 Å². The van der Waals surface area contributed by atoms with Crippen molar-refractivity contribution in [3.8, 4) is 11.5 Å². The second kappa shape index (κ2) is 8.25. The molecule has 2 aromatic rings. The molecule has 2 N–H and O–H groups in total. The number of methoxy groups -OCH3 is 2. The predicted molar refractivity (Wildman–Crippen MR) is 105 cm³/mol. The van der Waals surface area contributed by atoms with E-state index in [2.05, 4.69) is 38.2 Å². The number of pyridine rings is 1. The summed E-state index contributed by atoms with van der Waals surface area (Å²) < 4.78 is 11.5. The number of carbonyl (C=O) groups is 1. The Labute approximate surface area is 159 Å². The maximum Gasteiger partial charge on any atom is 0.264 e. The van der Waals surface area contributed by atoms with Crippen molar-refractivity contribution in [2.24, 2.45) is 0 Å². The summed E-state index contributed by atoms with van der Waals surface area (Å²) in [5.41, 5.74) is 1.15. The van der Waals surface area contributed by atoms with Gasteiger partial charge in [0.15, 0.2) is 5.11 Å². The fourth-order valence-corrected chi connectivity index (χ4v) is 2.50. The molecule has 0 aliphatic rings. The molecule has 0 unspecified atom stereocenters. The maximum absolute atomic E-state index is 12.5. The van der Waals surface area contributed by atoms with Crippen LogP contribution < -0.4 is 20.1 Å². The number of hydrogen-bond donors (Lipinski definition) is 2. The van der Waals surface area contributed by atoms with Gasteiger partial charge in [0.05, 0.1) is 19.9 Å². The molecule has 6 nitrogen and oxygen atoms in total. The van der Waals surface area contributed by atoms with Gasteiger partial charge in [0.1, 0.15) is 22.9 Å². The van der Waals surface area contributed by atoms with Crippen molar-refractivity contribution in [2.45, 2.75) is 6.92 Å². The first-order valence-electron chi connectivity index (χ1n) is 6.92. The molecule has 0 saturated heterocycles. The van der Waals surface area contributed by atoms with Crippen LogP contribution in [0.15, 0.2) is 30.3 Å². The van der Waals surface area contributed by atoms with Gasteiger partial charge >= 0.3 is 0 Å². The minimum atomic E-state index is -0.427. The number of aromatic nitrogens is 1. The molecular weight excluding hydrogens is 441 g/mol. The summed E-state index contributed by atoms with van der Waals surface area (Å²) in [5, 5.41) is 5.64. The number of hydrogen-bond acceptors (Lipinski definition) is 5. The highest BCUT2D eigenvalue weighted by atomic mass is 127. The summed E-state index contributed by atoms with van der Waals surface area (Å²) in [7, 11) is 2.97. The van der Waals surface area contributed by atoms with Crippen LogP contribution in [0.5, 0.6) is 11.5 Å². The first kappa shape index (κ1) is 18.4. The van der Waals surface area contributed by atoms with Gasteiger partial charge in [-0.1, -0.05) is 6.07 Å². The van der Waals surface area contributed by atoms with Crippen molar-refractivity contribution in [1.82, 2.24) is 10.3 Å². The monoisotopic (exact) mass is 457 g/mol. The number of ether oxygens (including phenoxy) is 2. The number of aryl methyl sites for hydroxylation is 1. The fourth-order valence-electron chi connectivity index (χ4n) is 2.00. The minimum Gasteiger partial charge on any atom is -0.496 e. The zero-order valence-corrected chi connectivity index (χ0v) is 16.3. The minimum absolute atomic E-state index is 0.140. The Hall–Kier alpha value is -1.94. The van der Waals surface area contributed by atoms with Crippen molar-refractivity contribution in [3.05, 3.63) is 45.2 Å². The molecule has 0 radical (unpaired) electrons. The number of halogens is 1. The molecule has 1 heterocycles. The Kier molecular flexibility index (Phi) is 6.32. The predicted octanol–water partition coefficient (Wildman–Crippen LogP) is 3.14. The van der Waals surface area contributed by atoms with Crippen molar-refractivity contribution < 1.29 is 14.3 Å². The number of nitrogens with one attached hydrogen (secondary N) is 2. The van der Waals surface area contributed by atoms with Gasteiger partial charge in [0, 0.05) is 3.57 Å². The van der Waals surface area contributed by atoms with E-state index in [4.69, 9.17) is 21.7 Å². The van der Waals surface area contributed by atoms with Gasteiger partial charge in [-0.15, -0.1) is 0 Å². The molecule has 2 rings (SSSR count). The first-order valence-corrected chi connectivity index (χ1v) is 8.41. The standard InChI is InChI=1S/C16H16IN3O3S/c1-9-10(17)7-8-13(18-9)19-16(24)20-15(21)14-11(22-2)5-4-6-12(14)23-3/h4-8H,1-3H3,(H2,18,19,20,21,24). The van der Waals surface area contributed by atoms with Crippen molar-refractivity contribution >= 4 is 51.6 Å². The molecule has 24 heavy (non-hydrogen) atoms. The van der Waals surface area contributed by atoms with Crippen molar-refractivity contribution in [2.75, 3.05) is 19.5 Å². The molecule has 0 bridgehead atoms. The lowest BCUT2D eigenvalue weighted by molar-refractivity contribution is 0.0971. The van der Waals surface area contributed by atoms with Gasteiger partial charge in [-0.05, 0) is 66.0 Å². The molecule has 0 fully saturated rings. The molecule has 0 spiro atoms. The zero-order valence-electron chi connectivity index (χ0n) is 13.3. The molecule has 1 aromatic heterocycles. The summed E-state index contributed by atoms with van der Waals surface area (Å²) in [4.78, 5) is 16.9. The summed E-state index contributed by atoms with van der Waals surface area (Å²) in [6.45, 7) is 1.90. The highest BCUT2D eigenvalue weighted by Crippen LogP contribution is 2.27. The van der Waals surface area contributed by atoms with Crippen molar-refractivity contribution in [1.29, 1.82) is 0 Å². The largest absolute Gasteiger partial charge is 0.496 e. The Morgan fingerprint density at radius 2 is 1.79 bits per heavy atom. The number of carbonyl (C=O) groups excluding carboxylic acids is 1. The van der Waals surface area contributed by atoms with E-state index in [1.165, 1.54) is 14.2 Å². The average molecular weight is 457 g/mol. The quantitative estimate of drug-likeness (QED) is 0.543. The second-order valence-corrected chi connectivity index (χ2v) is 6.28. The number of benzene rings is 1. The smallest absolute Gasteiger partial charge is 0.264 e. The van der Waals surface area contributed by atoms with Gasteiger partial charge in [0.25, 0.3) is 5.91 Å². The van der Waals surface area contributed by atoms with E-state index in [1.807, 2.05) is 13.0 Å². The van der Waals surface area contributed by atoms with Crippen LogP contribution in [-0.4, -0.2) is 30.2 Å². The molecular formula is C16H16IN3O3S. The molecule has 1 aromatic carbocycles. The van der Waals surface area contributed by atoms with E-state index >= 15 is 0 Å². The second-order valence-electron chi connectivity index (χ2n) is 4.71. The molecule has 8 heteroatoms. The van der Waals surface area contributed by atoms with Crippen LogP contribution in [0, 0.1) is 10.5 Å². The number of amides is 1. The average Bonchev–Trinajstić information content (AvgIpc) is 2.57. The van der Waals surface area contributed by atoms with Gasteiger partial charge in [-0.2, -0.15) is 0 Å². The Bertz CT molecular complexity index is 761. The number of nitrogens with zero attached hydrogens (tertiary/aromatic N) is 1.